The fourth-order valence-corrected chi connectivity index (χ4v) is 2.95. The Morgan fingerprint density at radius 1 is 1.33 bits per heavy atom. The maximum Gasteiger partial charge on any atom is 0.0583 e. The predicted molar refractivity (Wildman–Crippen MR) is 78.6 cm³/mol. The lowest BCUT2D eigenvalue weighted by Crippen LogP contribution is -2.55. The molecule has 1 unspecified atom stereocenters. The Labute approximate surface area is 118 Å². The first-order valence-electron chi connectivity index (χ1n) is 6.56. The third kappa shape index (κ3) is 2.92. The van der Waals surface area contributed by atoms with Crippen molar-refractivity contribution < 1.29 is 0 Å². The third-order valence-corrected chi connectivity index (χ3v) is 4.60. The zero-order valence-corrected chi connectivity index (χ0v) is 13.2. The van der Waals surface area contributed by atoms with Crippen LogP contribution in [0.15, 0.2) is 22.8 Å². The molecule has 0 bridgehead atoms. The topological polar surface area (TPSA) is 19.4 Å². The summed E-state index contributed by atoms with van der Waals surface area (Å²) in [5, 5.41) is 0. The van der Waals surface area contributed by atoms with Gasteiger partial charge in [0, 0.05) is 41.9 Å². The van der Waals surface area contributed by atoms with E-state index in [0.29, 0.717) is 18.1 Å². The number of hydrogen-bond acceptors (Lipinski definition) is 3. The van der Waals surface area contributed by atoms with Gasteiger partial charge in [-0.15, -0.1) is 0 Å². The van der Waals surface area contributed by atoms with E-state index in [2.05, 4.69) is 64.6 Å². The summed E-state index contributed by atoms with van der Waals surface area (Å²) in [5.74, 6) is 0. The Bertz CT molecular complexity index is 398. The van der Waals surface area contributed by atoms with E-state index in [9.17, 15) is 0 Å². The van der Waals surface area contributed by atoms with Gasteiger partial charge in [0.2, 0.25) is 0 Å². The van der Waals surface area contributed by atoms with E-state index < -0.39 is 0 Å². The Balaban J connectivity index is 2.12. The van der Waals surface area contributed by atoms with Crippen LogP contribution >= 0.6 is 15.9 Å². The molecule has 0 aromatic carbocycles. The van der Waals surface area contributed by atoms with Crippen LogP contribution in [0.2, 0.25) is 0 Å². The van der Waals surface area contributed by atoms with Gasteiger partial charge in [0.15, 0.2) is 0 Å². The summed E-state index contributed by atoms with van der Waals surface area (Å²) < 4.78 is 1.11. The maximum absolute atomic E-state index is 4.50. The molecule has 0 saturated carbocycles. The molecule has 4 heteroatoms. The molecule has 0 spiro atoms. The molecule has 1 saturated heterocycles. The number of aromatic nitrogens is 1. The summed E-state index contributed by atoms with van der Waals surface area (Å²) >= 11 is 3.52. The van der Waals surface area contributed by atoms with Crippen LogP contribution in [0.1, 0.15) is 32.5 Å². The normalized spacial score (nSPS) is 28.3. The zero-order chi connectivity index (χ0) is 13.3. The summed E-state index contributed by atoms with van der Waals surface area (Å²) in [6, 6.07) is 5.68. The van der Waals surface area contributed by atoms with E-state index >= 15 is 0 Å². The Morgan fingerprint density at radius 3 is 2.50 bits per heavy atom. The second-order valence-electron chi connectivity index (χ2n) is 5.39. The van der Waals surface area contributed by atoms with Crippen LogP contribution in [0.5, 0.6) is 0 Å². The lowest BCUT2D eigenvalue weighted by Gasteiger charge is -2.44. The quantitative estimate of drug-likeness (QED) is 0.837. The van der Waals surface area contributed by atoms with Crippen molar-refractivity contribution >= 4 is 15.9 Å². The molecule has 1 fully saturated rings. The minimum Gasteiger partial charge on any atom is -0.298 e. The molecule has 0 aliphatic carbocycles. The molecule has 0 N–H and O–H groups in total. The van der Waals surface area contributed by atoms with Crippen LogP contribution in [0.4, 0.5) is 0 Å². The molecule has 1 aromatic rings. The lowest BCUT2D eigenvalue weighted by atomic mass is 10.1. The van der Waals surface area contributed by atoms with Crippen LogP contribution < -0.4 is 0 Å². The number of pyridine rings is 1. The van der Waals surface area contributed by atoms with E-state index in [-0.39, 0.29) is 0 Å². The molecule has 3 nitrogen and oxygen atoms in total. The molecule has 2 rings (SSSR count). The summed E-state index contributed by atoms with van der Waals surface area (Å²) in [4.78, 5) is 9.49. The van der Waals surface area contributed by atoms with E-state index in [1.165, 1.54) is 0 Å². The van der Waals surface area contributed by atoms with Crippen molar-refractivity contribution in [3.05, 3.63) is 28.5 Å². The smallest absolute Gasteiger partial charge is 0.0583 e. The summed E-state index contributed by atoms with van der Waals surface area (Å²) in [6.45, 7) is 9.05. The summed E-state index contributed by atoms with van der Waals surface area (Å²) in [5.41, 5.74) is 1.15. The minimum absolute atomic E-state index is 0.376. The van der Waals surface area contributed by atoms with Gasteiger partial charge in [0.25, 0.3) is 0 Å². The van der Waals surface area contributed by atoms with E-state index in [0.717, 1.165) is 23.3 Å². The van der Waals surface area contributed by atoms with Gasteiger partial charge in [-0.25, -0.2) is 0 Å². The van der Waals surface area contributed by atoms with Gasteiger partial charge in [0.1, 0.15) is 0 Å². The van der Waals surface area contributed by atoms with Crippen molar-refractivity contribution in [2.75, 3.05) is 20.1 Å². The van der Waals surface area contributed by atoms with Crippen LogP contribution in [0, 0.1) is 0 Å². The highest BCUT2D eigenvalue weighted by Crippen LogP contribution is 2.25. The fraction of sp³-hybridized carbons (Fsp3) is 0.643. The molecular weight excluding hydrogens is 290 g/mol. The van der Waals surface area contributed by atoms with Gasteiger partial charge in [-0.1, -0.05) is 15.9 Å². The number of halogens is 1. The van der Waals surface area contributed by atoms with Crippen LogP contribution in [0.25, 0.3) is 0 Å². The second-order valence-corrected chi connectivity index (χ2v) is 6.31. The molecule has 0 amide bonds. The van der Waals surface area contributed by atoms with E-state index in [1.54, 1.807) is 0 Å². The van der Waals surface area contributed by atoms with Crippen molar-refractivity contribution in [1.29, 1.82) is 0 Å². The molecule has 1 aliphatic heterocycles. The number of piperazine rings is 1. The van der Waals surface area contributed by atoms with Crippen molar-refractivity contribution in [2.45, 2.75) is 38.9 Å². The van der Waals surface area contributed by atoms with E-state index in [4.69, 9.17) is 0 Å². The standard InChI is InChI=1S/C14H22BrN3/c1-10-8-18(9-11(2)17(10)4)12(3)14-7-13(15)5-6-16-14/h5-7,10-12H,8-9H2,1-4H3/t10-,11+,12?. The first-order chi connectivity index (χ1) is 8.49. The first kappa shape index (κ1) is 14.0. The van der Waals surface area contributed by atoms with Gasteiger partial charge in [-0.2, -0.15) is 0 Å². The molecule has 100 valence electrons. The van der Waals surface area contributed by atoms with Crippen LogP contribution in [-0.2, 0) is 0 Å². The highest BCUT2D eigenvalue weighted by molar-refractivity contribution is 9.10. The fourth-order valence-electron chi connectivity index (χ4n) is 2.60. The monoisotopic (exact) mass is 311 g/mol. The lowest BCUT2D eigenvalue weighted by molar-refractivity contribution is 0.0367. The highest BCUT2D eigenvalue weighted by Gasteiger charge is 2.29. The molecule has 2 heterocycles. The Hall–Kier alpha value is -0.450. The van der Waals surface area contributed by atoms with Gasteiger partial charge < -0.3 is 0 Å². The van der Waals surface area contributed by atoms with Crippen molar-refractivity contribution in [2.24, 2.45) is 0 Å². The van der Waals surface area contributed by atoms with Crippen molar-refractivity contribution in [3.8, 4) is 0 Å². The van der Waals surface area contributed by atoms with Gasteiger partial charge in [-0.3, -0.25) is 14.8 Å². The highest BCUT2D eigenvalue weighted by atomic mass is 79.9. The number of nitrogens with zero attached hydrogens (tertiary/aromatic N) is 3. The van der Waals surface area contributed by atoms with Crippen LogP contribution in [0.3, 0.4) is 0 Å². The molecular formula is C14H22BrN3. The third-order valence-electron chi connectivity index (χ3n) is 4.11. The molecule has 3 atom stereocenters. The Morgan fingerprint density at radius 2 is 1.94 bits per heavy atom. The average Bonchev–Trinajstić information content (AvgIpc) is 2.34. The van der Waals surface area contributed by atoms with Crippen LogP contribution in [-0.4, -0.2) is 47.0 Å². The minimum atomic E-state index is 0.376. The van der Waals surface area contributed by atoms with Crippen molar-refractivity contribution in [3.63, 3.8) is 0 Å². The van der Waals surface area contributed by atoms with Gasteiger partial charge in [0.05, 0.1) is 5.69 Å². The number of rotatable bonds is 2. The summed E-state index contributed by atoms with van der Waals surface area (Å²) in [6.07, 6.45) is 1.87. The largest absolute Gasteiger partial charge is 0.298 e. The summed E-state index contributed by atoms with van der Waals surface area (Å²) in [7, 11) is 2.22. The SMILES string of the molecule is CC(c1cc(Br)ccn1)N1C[C@@H](C)N(C)[C@@H](C)C1. The average molecular weight is 312 g/mol. The van der Waals surface area contributed by atoms with Gasteiger partial charge in [-0.05, 0) is 40.0 Å². The number of hydrogen-bond donors (Lipinski definition) is 0. The molecule has 1 aromatic heterocycles. The second kappa shape index (κ2) is 5.68. The maximum atomic E-state index is 4.50. The van der Waals surface area contributed by atoms with E-state index in [1.807, 2.05) is 12.3 Å². The predicted octanol–water partition coefficient (Wildman–Crippen LogP) is 2.93. The van der Waals surface area contributed by atoms with Crippen molar-refractivity contribution in [1.82, 2.24) is 14.8 Å². The first-order valence-corrected chi connectivity index (χ1v) is 7.35. The van der Waals surface area contributed by atoms with Gasteiger partial charge >= 0.3 is 0 Å². The Kier molecular flexibility index (Phi) is 4.41. The number of likely N-dealkylation sites (N-methyl/N-ethyl adjacent to an activating group) is 1. The molecule has 0 radical (unpaired) electrons. The molecule has 18 heavy (non-hydrogen) atoms. The molecule has 1 aliphatic rings. The zero-order valence-electron chi connectivity index (χ0n) is 11.6.